The summed E-state index contributed by atoms with van der Waals surface area (Å²) in [6.45, 7) is 4.09. The van der Waals surface area contributed by atoms with Gasteiger partial charge in [-0.15, -0.1) is 11.8 Å². The van der Waals surface area contributed by atoms with Crippen LogP contribution in [-0.2, 0) is 9.53 Å². The smallest absolute Gasteiger partial charge is 0.306 e. The maximum atomic E-state index is 10.8. The third kappa shape index (κ3) is 6.19. The van der Waals surface area contributed by atoms with E-state index in [1.54, 1.807) is 6.92 Å². The average Bonchev–Trinajstić information content (AvgIpc) is 1.87. The first-order valence-electron chi connectivity index (χ1n) is 3.58. The lowest BCUT2D eigenvalue weighted by molar-refractivity contribution is -0.142. The van der Waals surface area contributed by atoms with Gasteiger partial charge in [0, 0.05) is 5.25 Å². The normalized spacial score (nSPS) is 12.6. The van der Waals surface area contributed by atoms with Crippen LogP contribution in [0.3, 0.4) is 0 Å². The molecule has 0 aliphatic rings. The molecule has 66 valence electrons. The maximum Gasteiger partial charge on any atom is 0.306 e. The maximum absolute atomic E-state index is 10.8. The van der Waals surface area contributed by atoms with E-state index in [0.29, 0.717) is 13.0 Å². The van der Waals surface area contributed by atoms with Crippen LogP contribution in [0.4, 0.5) is 0 Å². The van der Waals surface area contributed by atoms with Crippen molar-refractivity contribution in [2.75, 3.05) is 12.5 Å². The van der Waals surface area contributed by atoms with Gasteiger partial charge < -0.3 is 9.84 Å². The molecular formula is C7H14O3S. The van der Waals surface area contributed by atoms with Gasteiger partial charge in [0.2, 0.25) is 0 Å². The summed E-state index contributed by atoms with van der Waals surface area (Å²) in [5, 5.41) is 8.63. The van der Waals surface area contributed by atoms with Crippen LogP contribution in [0.5, 0.6) is 0 Å². The Balaban J connectivity index is 3.40. The molecule has 4 heteroatoms. The number of aliphatic hydroxyl groups excluding tert-OH is 1. The molecule has 0 radical (unpaired) electrons. The first kappa shape index (κ1) is 10.8. The van der Waals surface area contributed by atoms with Crippen molar-refractivity contribution in [3.8, 4) is 0 Å². The predicted octanol–water partition coefficient (Wildman–Crippen LogP) is 1.01. The fraction of sp³-hybridized carbons (Fsp3) is 0.857. The van der Waals surface area contributed by atoms with Crippen molar-refractivity contribution in [2.45, 2.75) is 25.5 Å². The molecule has 0 heterocycles. The van der Waals surface area contributed by atoms with Gasteiger partial charge in [-0.1, -0.05) is 6.92 Å². The van der Waals surface area contributed by atoms with Crippen molar-refractivity contribution in [3.63, 3.8) is 0 Å². The van der Waals surface area contributed by atoms with Gasteiger partial charge in [0.05, 0.1) is 19.0 Å². The molecule has 0 aromatic rings. The molecule has 0 bridgehead atoms. The van der Waals surface area contributed by atoms with Gasteiger partial charge in [0.25, 0.3) is 0 Å². The van der Waals surface area contributed by atoms with Crippen LogP contribution in [0.25, 0.3) is 0 Å². The van der Waals surface area contributed by atoms with E-state index in [4.69, 9.17) is 9.84 Å². The first-order chi connectivity index (χ1) is 5.20. The van der Waals surface area contributed by atoms with Gasteiger partial charge in [0.15, 0.2) is 0 Å². The fourth-order valence-corrected chi connectivity index (χ4v) is 1.15. The molecule has 0 aliphatic carbocycles. The number of esters is 1. The summed E-state index contributed by atoms with van der Waals surface area (Å²) in [6, 6.07) is 0. The largest absolute Gasteiger partial charge is 0.466 e. The minimum Gasteiger partial charge on any atom is -0.466 e. The number of rotatable bonds is 5. The number of carbonyl (C=O) groups excluding carboxylic acids is 1. The van der Waals surface area contributed by atoms with Gasteiger partial charge in [-0.25, -0.2) is 0 Å². The second-order valence-electron chi connectivity index (χ2n) is 2.12. The summed E-state index contributed by atoms with van der Waals surface area (Å²) in [4.78, 5) is 10.8. The monoisotopic (exact) mass is 178 g/mol. The Bertz CT molecular complexity index is 116. The molecule has 1 unspecified atom stereocenters. The van der Waals surface area contributed by atoms with Crippen molar-refractivity contribution in [1.29, 1.82) is 0 Å². The van der Waals surface area contributed by atoms with E-state index in [9.17, 15) is 4.79 Å². The number of ether oxygens (including phenoxy) is 1. The molecule has 0 saturated carbocycles. The van der Waals surface area contributed by atoms with Gasteiger partial charge in [-0.2, -0.15) is 0 Å². The van der Waals surface area contributed by atoms with Crippen LogP contribution in [-0.4, -0.2) is 28.9 Å². The molecule has 11 heavy (non-hydrogen) atoms. The predicted molar refractivity (Wildman–Crippen MR) is 45.4 cm³/mol. The molecule has 0 aromatic carbocycles. The Morgan fingerprint density at radius 2 is 2.36 bits per heavy atom. The number of hydrogen-bond donors (Lipinski definition) is 1. The summed E-state index contributed by atoms with van der Waals surface area (Å²) in [5.41, 5.74) is 0. The van der Waals surface area contributed by atoms with E-state index in [0.717, 1.165) is 0 Å². The van der Waals surface area contributed by atoms with Crippen molar-refractivity contribution in [2.24, 2.45) is 0 Å². The van der Waals surface area contributed by atoms with E-state index in [1.807, 2.05) is 6.92 Å². The second-order valence-corrected chi connectivity index (χ2v) is 3.51. The van der Waals surface area contributed by atoms with E-state index >= 15 is 0 Å². The zero-order valence-corrected chi connectivity index (χ0v) is 7.69. The van der Waals surface area contributed by atoms with Crippen LogP contribution in [0.1, 0.15) is 20.3 Å². The zero-order valence-electron chi connectivity index (χ0n) is 6.87. The molecule has 0 fully saturated rings. The van der Waals surface area contributed by atoms with E-state index < -0.39 is 0 Å². The average molecular weight is 178 g/mol. The van der Waals surface area contributed by atoms with E-state index in [2.05, 4.69) is 0 Å². The van der Waals surface area contributed by atoms with Crippen molar-refractivity contribution in [3.05, 3.63) is 0 Å². The van der Waals surface area contributed by atoms with Crippen LogP contribution in [0.2, 0.25) is 0 Å². The van der Waals surface area contributed by atoms with E-state index in [-0.39, 0.29) is 17.2 Å². The molecule has 0 saturated heterocycles. The Hall–Kier alpha value is -0.220. The van der Waals surface area contributed by atoms with Gasteiger partial charge in [0.1, 0.15) is 0 Å². The van der Waals surface area contributed by atoms with E-state index in [1.165, 1.54) is 11.8 Å². The van der Waals surface area contributed by atoms with Gasteiger partial charge >= 0.3 is 5.97 Å². The highest BCUT2D eigenvalue weighted by atomic mass is 32.2. The summed E-state index contributed by atoms with van der Waals surface area (Å²) < 4.78 is 4.72. The van der Waals surface area contributed by atoms with Crippen LogP contribution in [0.15, 0.2) is 0 Å². The molecule has 0 amide bonds. The number of carbonyl (C=O) groups is 1. The molecule has 0 rings (SSSR count). The first-order valence-corrected chi connectivity index (χ1v) is 4.63. The molecule has 0 spiro atoms. The minimum absolute atomic E-state index is 0.0561. The molecule has 0 aliphatic heterocycles. The number of thioether (sulfide) groups is 1. The Labute approximate surface area is 71.1 Å². The lowest BCUT2D eigenvalue weighted by atomic mass is 10.3. The zero-order chi connectivity index (χ0) is 8.69. The topological polar surface area (TPSA) is 46.5 Å². The summed E-state index contributed by atoms with van der Waals surface area (Å²) in [6.07, 6.45) is 0.374. The van der Waals surface area contributed by atoms with Gasteiger partial charge in [-0.3, -0.25) is 4.79 Å². The lowest BCUT2D eigenvalue weighted by Gasteiger charge is -2.07. The van der Waals surface area contributed by atoms with Crippen molar-refractivity contribution >= 4 is 17.7 Å². The van der Waals surface area contributed by atoms with Crippen LogP contribution >= 0.6 is 11.8 Å². The fourth-order valence-electron chi connectivity index (χ4n) is 0.641. The van der Waals surface area contributed by atoms with Crippen molar-refractivity contribution < 1.29 is 14.6 Å². The summed E-state index contributed by atoms with van der Waals surface area (Å²) >= 11 is 1.34. The molecule has 0 aromatic heterocycles. The highest BCUT2D eigenvalue weighted by Gasteiger charge is 2.08. The summed E-state index contributed by atoms with van der Waals surface area (Å²) in [5.74, 6) is -0.137. The second kappa shape index (κ2) is 6.49. The highest BCUT2D eigenvalue weighted by molar-refractivity contribution is 7.99. The third-order valence-corrected chi connectivity index (χ3v) is 2.00. The molecule has 3 nitrogen and oxygen atoms in total. The summed E-state index contributed by atoms with van der Waals surface area (Å²) in [7, 11) is 0. The third-order valence-electron chi connectivity index (χ3n) is 1.12. The van der Waals surface area contributed by atoms with Crippen molar-refractivity contribution in [1.82, 2.24) is 0 Å². The minimum atomic E-state index is -0.194. The molecule has 1 atom stereocenters. The Kier molecular flexibility index (Phi) is 6.36. The standard InChI is InChI=1S/C7H14O3S/c1-3-10-7(9)4-6(2)11-5-8/h6,8H,3-5H2,1-2H3. The Morgan fingerprint density at radius 3 is 2.82 bits per heavy atom. The quantitative estimate of drug-likeness (QED) is 0.504. The highest BCUT2D eigenvalue weighted by Crippen LogP contribution is 2.12. The van der Waals surface area contributed by atoms with Gasteiger partial charge in [-0.05, 0) is 6.92 Å². The molecule has 1 N–H and O–H groups in total. The SMILES string of the molecule is CCOC(=O)CC(C)SCO. The van der Waals surface area contributed by atoms with Crippen LogP contribution in [0, 0.1) is 0 Å². The lowest BCUT2D eigenvalue weighted by Crippen LogP contribution is -2.10. The number of hydrogen-bond acceptors (Lipinski definition) is 4. The Morgan fingerprint density at radius 1 is 1.73 bits per heavy atom. The van der Waals surface area contributed by atoms with Crippen LogP contribution < -0.4 is 0 Å². The molecular weight excluding hydrogens is 164 g/mol. The number of aliphatic hydroxyl groups is 1.